The molecule has 9 heteroatoms. The molecule has 1 aromatic carbocycles. The fourth-order valence-electron chi connectivity index (χ4n) is 3.01. The van der Waals surface area contributed by atoms with Crippen molar-refractivity contribution in [2.75, 3.05) is 18.4 Å². The summed E-state index contributed by atoms with van der Waals surface area (Å²) in [6, 6.07) is 10.2. The Morgan fingerprint density at radius 3 is 2.59 bits per heavy atom. The van der Waals surface area contributed by atoms with Crippen molar-refractivity contribution in [3.8, 4) is 0 Å². The number of anilines is 1. The molecule has 27 heavy (non-hydrogen) atoms. The summed E-state index contributed by atoms with van der Waals surface area (Å²) < 4.78 is 0. The topological polar surface area (TPSA) is 98.9 Å². The van der Waals surface area contributed by atoms with E-state index >= 15 is 0 Å². The molecule has 3 rings (SSSR count). The minimum atomic E-state index is -0.737. The van der Waals surface area contributed by atoms with Gasteiger partial charge >= 0.3 is 0 Å². The lowest BCUT2D eigenvalue weighted by atomic mass is 10.0. The van der Waals surface area contributed by atoms with Gasteiger partial charge in [0.25, 0.3) is 5.91 Å². The Hall–Kier alpha value is -2.09. The Balaban J connectivity index is 0.00000182. The van der Waals surface area contributed by atoms with E-state index < -0.39 is 6.04 Å². The number of benzene rings is 1. The lowest BCUT2D eigenvalue weighted by molar-refractivity contribution is -0.126. The summed E-state index contributed by atoms with van der Waals surface area (Å²) in [6.07, 6.45) is 3.92. The third kappa shape index (κ3) is 6.86. The standard InChI is InChI=1S/C18H23N5O2.2ClH/c24-16(7-6-13-8-10-19-12-13)22-17(14-4-2-1-3-5-14)18(25)21-15-9-11-20-23-15;;/h1-5,9,11,13,17,19H,6-8,10,12H2,(H,22,24)(H2,20,21,23,25);2*1H. The number of H-pyrrole nitrogens is 1. The number of rotatable bonds is 7. The van der Waals surface area contributed by atoms with Crippen molar-refractivity contribution in [2.45, 2.75) is 25.3 Å². The molecular formula is C18H25Cl2N5O2. The molecule has 2 heterocycles. The van der Waals surface area contributed by atoms with Gasteiger partial charge < -0.3 is 16.0 Å². The number of carbonyl (C=O) groups excluding carboxylic acids is 2. The molecule has 0 saturated carbocycles. The number of hydrogen-bond acceptors (Lipinski definition) is 4. The van der Waals surface area contributed by atoms with E-state index in [-0.39, 0.29) is 36.6 Å². The Labute approximate surface area is 170 Å². The second-order valence-electron chi connectivity index (χ2n) is 6.27. The smallest absolute Gasteiger partial charge is 0.252 e. The van der Waals surface area contributed by atoms with Crippen molar-refractivity contribution in [1.29, 1.82) is 0 Å². The fraction of sp³-hybridized carbons (Fsp3) is 0.389. The van der Waals surface area contributed by atoms with Gasteiger partial charge in [0.2, 0.25) is 5.91 Å². The summed E-state index contributed by atoms with van der Waals surface area (Å²) in [7, 11) is 0. The van der Waals surface area contributed by atoms with E-state index in [9.17, 15) is 9.59 Å². The van der Waals surface area contributed by atoms with Gasteiger partial charge in [0.15, 0.2) is 0 Å². The molecule has 0 bridgehead atoms. The molecule has 7 nitrogen and oxygen atoms in total. The summed E-state index contributed by atoms with van der Waals surface area (Å²) in [6.45, 7) is 1.99. The number of aromatic nitrogens is 2. The monoisotopic (exact) mass is 413 g/mol. The average molecular weight is 414 g/mol. The van der Waals surface area contributed by atoms with Gasteiger partial charge in [0.05, 0.1) is 6.20 Å². The van der Waals surface area contributed by atoms with Crippen LogP contribution in [-0.4, -0.2) is 35.1 Å². The van der Waals surface area contributed by atoms with E-state index in [1.807, 2.05) is 30.3 Å². The molecule has 2 unspecified atom stereocenters. The van der Waals surface area contributed by atoms with Crippen LogP contribution in [0, 0.1) is 5.92 Å². The van der Waals surface area contributed by atoms with Crippen molar-refractivity contribution in [2.24, 2.45) is 5.92 Å². The summed E-state index contributed by atoms with van der Waals surface area (Å²) in [5.74, 6) is 0.629. The van der Waals surface area contributed by atoms with Crippen LogP contribution >= 0.6 is 24.8 Å². The molecular weight excluding hydrogens is 389 g/mol. The third-order valence-corrected chi connectivity index (χ3v) is 4.40. The lowest BCUT2D eigenvalue weighted by Crippen LogP contribution is -2.37. The molecule has 2 aromatic rings. The minimum absolute atomic E-state index is 0. The number of aromatic amines is 1. The fourth-order valence-corrected chi connectivity index (χ4v) is 3.01. The summed E-state index contributed by atoms with van der Waals surface area (Å²) in [5.41, 5.74) is 0.746. The van der Waals surface area contributed by atoms with Gasteiger partial charge in [-0.1, -0.05) is 30.3 Å². The van der Waals surface area contributed by atoms with Crippen LogP contribution in [0.5, 0.6) is 0 Å². The minimum Gasteiger partial charge on any atom is -0.341 e. The lowest BCUT2D eigenvalue weighted by Gasteiger charge is -2.19. The Morgan fingerprint density at radius 2 is 1.96 bits per heavy atom. The maximum Gasteiger partial charge on any atom is 0.252 e. The maximum absolute atomic E-state index is 12.6. The van der Waals surface area contributed by atoms with Crippen molar-refractivity contribution in [1.82, 2.24) is 20.8 Å². The molecule has 1 aromatic heterocycles. The molecule has 0 radical (unpaired) electrons. The van der Waals surface area contributed by atoms with Gasteiger partial charge in [-0.2, -0.15) is 5.10 Å². The molecule has 1 aliphatic heterocycles. The normalized spacial score (nSPS) is 16.5. The van der Waals surface area contributed by atoms with Gasteiger partial charge in [-0.25, -0.2) is 0 Å². The predicted octanol–water partition coefficient (Wildman–Crippen LogP) is 2.44. The zero-order chi connectivity index (χ0) is 17.5. The van der Waals surface area contributed by atoms with Crippen LogP contribution in [0.1, 0.15) is 30.9 Å². The molecule has 1 saturated heterocycles. The van der Waals surface area contributed by atoms with Crippen molar-refractivity contribution >= 4 is 42.4 Å². The van der Waals surface area contributed by atoms with E-state index in [0.29, 0.717) is 18.2 Å². The highest BCUT2D eigenvalue weighted by Gasteiger charge is 2.24. The summed E-state index contributed by atoms with van der Waals surface area (Å²) >= 11 is 0. The van der Waals surface area contributed by atoms with Gasteiger partial charge in [-0.15, -0.1) is 24.8 Å². The van der Waals surface area contributed by atoms with E-state index in [4.69, 9.17) is 0 Å². The highest BCUT2D eigenvalue weighted by Crippen LogP contribution is 2.17. The highest BCUT2D eigenvalue weighted by molar-refractivity contribution is 5.97. The van der Waals surface area contributed by atoms with Crippen LogP contribution in [0.15, 0.2) is 42.6 Å². The number of amides is 2. The first-order valence-corrected chi connectivity index (χ1v) is 8.57. The zero-order valence-corrected chi connectivity index (χ0v) is 16.4. The van der Waals surface area contributed by atoms with E-state index in [1.165, 1.54) is 0 Å². The molecule has 0 spiro atoms. The molecule has 1 aliphatic rings. The molecule has 0 aliphatic carbocycles. The number of carbonyl (C=O) groups is 2. The predicted molar refractivity (Wildman–Crippen MR) is 109 cm³/mol. The molecule has 148 valence electrons. The third-order valence-electron chi connectivity index (χ3n) is 4.40. The molecule has 2 atom stereocenters. The first-order valence-electron chi connectivity index (χ1n) is 8.57. The van der Waals surface area contributed by atoms with Crippen LogP contribution in [0.4, 0.5) is 5.82 Å². The maximum atomic E-state index is 12.6. The largest absolute Gasteiger partial charge is 0.341 e. The Bertz CT molecular complexity index is 691. The second-order valence-corrected chi connectivity index (χ2v) is 6.27. The summed E-state index contributed by atoms with van der Waals surface area (Å²) in [4.78, 5) is 25.0. The van der Waals surface area contributed by atoms with E-state index in [2.05, 4.69) is 26.1 Å². The quantitative estimate of drug-likeness (QED) is 0.559. The van der Waals surface area contributed by atoms with Crippen LogP contribution in [0.25, 0.3) is 0 Å². The Morgan fingerprint density at radius 1 is 1.19 bits per heavy atom. The average Bonchev–Trinajstić information content (AvgIpc) is 3.32. The first-order chi connectivity index (χ1) is 12.2. The van der Waals surface area contributed by atoms with Crippen molar-refractivity contribution in [3.05, 3.63) is 48.2 Å². The number of nitrogens with one attached hydrogen (secondary N) is 4. The van der Waals surface area contributed by atoms with Gasteiger partial charge in [0, 0.05) is 12.5 Å². The van der Waals surface area contributed by atoms with Crippen LogP contribution in [0.3, 0.4) is 0 Å². The van der Waals surface area contributed by atoms with Crippen molar-refractivity contribution < 1.29 is 9.59 Å². The van der Waals surface area contributed by atoms with Crippen LogP contribution in [0.2, 0.25) is 0 Å². The van der Waals surface area contributed by atoms with E-state index in [0.717, 1.165) is 31.5 Å². The molecule has 1 fully saturated rings. The van der Waals surface area contributed by atoms with Gasteiger partial charge in [0.1, 0.15) is 11.9 Å². The Kier molecular flexibility index (Phi) is 9.85. The second kappa shape index (κ2) is 11.6. The molecule has 4 N–H and O–H groups in total. The van der Waals surface area contributed by atoms with E-state index in [1.54, 1.807) is 12.3 Å². The van der Waals surface area contributed by atoms with Crippen molar-refractivity contribution in [3.63, 3.8) is 0 Å². The summed E-state index contributed by atoms with van der Waals surface area (Å²) in [5, 5.41) is 15.4. The highest BCUT2D eigenvalue weighted by atomic mass is 35.5. The zero-order valence-electron chi connectivity index (χ0n) is 14.8. The van der Waals surface area contributed by atoms with Crippen LogP contribution < -0.4 is 16.0 Å². The first kappa shape index (κ1) is 23.0. The number of hydrogen-bond donors (Lipinski definition) is 4. The van der Waals surface area contributed by atoms with Crippen LogP contribution in [-0.2, 0) is 9.59 Å². The molecule has 2 amide bonds. The number of nitrogens with zero attached hydrogens (tertiary/aromatic N) is 1. The SMILES string of the molecule is Cl.Cl.O=C(CCC1CCNC1)NC(C(=O)Nc1ccn[nH]1)c1ccccc1. The number of halogens is 2. The van der Waals surface area contributed by atoms with Gasteiger partial charge in [-0.05, 0) is 37.4 Å². The van der Waals surface area contributed by atoms with Gasteiger partial charge in [-0.3, -0.25) is 14.7 Å².